The number of fused-ring (bicyclic) bond motifs is 1. The lowest BCUT2D eigenvalue weighted by Gasteiger charge is -2.24. The molecule has 0 saturated heterocycles. The number of nitrogens with zero attached hydrogens (tertiary/aromatic N) is 2. The molecule has 0 spiro atoms. The summed E-state index contributed by atoms with van der Waals surface area (Å²) in [6.45, 7) is 4.63. The number of aromatic nitrogens is 2. The molecule has 0 fully saturated rings. The highest BCUT2D eigenvalue weighted by Gasteiger charge is 2.27. The number of carbonyl (C=O) groups is 1. The molecule has 1 aliphatic heterocycles. The minimum atomic E-state index is -0.253. The van der Waals surface area contributed by atoms with Gasteiger partial charge in [-0.15, -0.1) is 10.2 Å². The van der Waals surface area contributed by atoms with Crippen LogP contribution in [-0.2, 0) is 11.2 Å². The first kappa shape index (κ1) is 17.2. The molecule has 3 rings (SSSR count). The van der Waals surface area contributed by atoms with Crippen LogP contribution in [0, 0.1) is 5.92 Å². The van der Waals surface area contributed by atoms with Gasteiger partial charge in [0.2, 0.25) is 11.0 Å². The van der Waals surface area contributed by atoms with Gasteiger partial charge in [-0.3, -0.25) is 4.79 Å². The second-order valence-corrected chi connectivity index (χ2v) is 7.36. The summed E-state index contributed by atoms with van der Waals surface area (Å²) >= 11 is 7.48. The van der Waals surface area contributed by atoms with Crippen molar-refractivity contribution in [1.82, 2.24) is 10.2 Å². The fourth-order valence-corrected chi connectivity index (χ4v) is 4.03. The van der Waals surface area contributed by atoms with E-state index < -0.39 is 0 Å². The summed E-state index contributed by atoms with van der Waals surface area (Å²) in [5.41, 5.74) is 0.962. The van der Waals surface area contributed by atoms with Crippen molar-refractivity contribution < 1.29 is 9.53 Å². The molecule has 0 saturated carbocycles. The van der Waals surface area contributed by atoms with Crippen molar-refractivity contribution >= 4 is 34.0 Å². The first-order valence-electron chi connectivity index (χ1n) is 8.16. The van der Waals surface area contributed by atoms with Crippen LogP contribution in [0.2, 0.25) is 5.02 Å². The number of halogens is 1. The van der Waals surface area contributed by atoms with E-state index in [2.05, 4.69) is 29.4 Å². The molecule has 128 valence electrons. The van der Waals surface area contributed by atoms with Crippen LogP contribution in [0.5, 0.6) is 5.75 Å². The van der Waals surface area contributed by atoms with Crippen LogP contribution < -0.4 is 10.1 Å². The van der Waals surface area contributed by atoms with Crippen molar-refractivity contribution in [3.05, 3.63) is 33.8 Å². The fraction of sp³-hybridized carbons (Fsp3) is 0.471. The van der Waals surface area contributed by atoms with Crippen LogP contribution in [0.3, 0.4) is 0 Å². The summed E-state index contributed by atoms with van der Waals surface area (Å²) < 4.78 is 5.68. The van der Waals surface area contributed by atoms with Gasteiger partial charge in [0.15, 0.2) is 0 Å². The van der Waals surface area contributed by atoms with E-state index in [1.165, 1.54) is 11.3 Å². The maximum Gasteiger partial charge on any atom is 0.233 e. The van der Waals surface area contributed by atoms with E-state index in [1.807, 2.05) is 12.1 Å². The average Bonchev–Trinajstić information content (AvgIpc) is 3.03. The minimum absolute atomic E-state index is 0.0899. The van der Waals surface area contributed by atoms with Crippen molar-refractivity contribution in [1.29, 1.82) is 0 Å². The van der Waals surface area contributed by atoms with Crippen molar-refractivity contribution in [2.24, 2.45) is 5.92 Å². The number of nitrogens with one attached hydrogen (secondary N) is 1. The SMILES string of the molecule is CCC(CC)c1nnc(NC(=O)C2COc3ccc(Cl)cc3C2)s1. The van der Waals surface area contributed by atoms with Gasteiger partial charge in [-0.25, -0.2) is 0 Å². The Bertz CT molecular complexity index is 730. The molecule has 0 radical (unpaired) electrons. The largest absolute Gasteiger partial charge is 0.492 e. The number of hydrogen-bond donors (Lipinski definition) is 1. The van der Waals surface area contributed by atoms with Gasteiger partial charge in [0.25, 0.3) is 0 Å². The van der Waals surface area contributed by atoms with Gasteiger partial charge >= 0.3 is 0 Å². The smallest absolute Gasteiger partial charge is 0.233 e. The lowest BCUT2D eigenvalue weighted by Crippen LogP contribution is -2.32. The Hall–Kier alpha value is -1.66. The van der Waals surface area contributed by atoms with Crippen molar-refractivity contribution in [3.8, 4) is 5.75 Å². The highest BCUT2D eigenvalue weighted by Crippen LogP contribution is 2.31. The number of ether oxygens (including phenoxy) is 1. The molecule has 24 heavy (non-hydrogen) atoms. The van der Waals surface area contributed by atoms with E-state index >= 15 is 0 Å². The molecule has 1 atom stereocenters. The maximum absolute atomic E-state index is 12.5. The lowest BCUT2D eigenvalue weighted by molar-refractivity contribution is -0.121. The molecule has 7 heteroatoms. The van der Waals surface area contributed by atoms with Crippen LogP contribution in [0.4, 0.5) is 5.13 Å². The quantitative estimate of drug-likeness (QED) is 0.858. The van der Waals surface area contributed by atoms with E-state index in [0.29, 0.717) is 29.1 Å². The molecule has 1 amide bonds. The zero-order valence-electron chi connectivity index (χ0n) is 13.7. The highest BCUT2D eigenvalue weighted by molar-refractivity contribution is 7.15. The standard InChI is InChI=1S/C17H20ClN3O2S/c1-3-10(4-2)16-20-21-17(24-16)19-15(22)12-7-11-8-13(18)5-6-14(11)23-9-12/h5-6,8,10,12H,3-4,7,9H2,1-2H3,(H,19,21,22). The second-order valence-electron chi connectivity index (χ2n) is 5.91. The normalized spacial score (nSPS) is 16.6. The van der Waals surface area contributed by atoms with E-state index in [1.54, 1.807) is 6.07 Å². The number of amides is 1. The van der Waals surface area contributed by atoms with Gasteiger partial charge < -0.3 is 10.1 Å². The van der Waals surface area contributed by atoms with Gasteiger partial charge in [-0.2, -0.15) is 0 Å². The number of carbonyl (C=O) groups excluding carboxylic acids is 1. The molecule has 0 bridgehead atoms. The molecule has 2 aromatic rings. The Morgan fingerprint density at radius 3 is 2.96 bits per heavy atom. The topological polar surface area (TPSA) is 64.1 Å². The highest BCUT2D eigenvalue weighted by atomic mass is 35.5. The molecule has 1 unspecified atom stereocenters. The van der Waals surface area contributed by atoms with E-state index in [0.717, 1.165) is 29.2 Å². The van der Waals surface area contributed by atoms with Crippen molar-refractivity contribution in [2.45, 2.75) is 39.0 Å². The van der Waals surface area contributed by atoms with Crippen LogP contribution in [0.1, 0.15) is 43.2 Å². The summed E-state index contributed by atoms with van der Waals surface area (Å²) in [5, 5.41) is 13.4. The second kappa shape index (κ2) is 7.49. The molecule has 1 aromatic carbocycles. The molecule has 2 heterocycles. The Morgan fingerprint density at radius 1 is 1.42 bits per heavy atom. The van der Waals surface area contributed by atoms with Gasteiger partial charge in [0, 0.05) is 10.9 Å². The van der Waals surface area contributed by atoms with Crippen molar-refractivity contribution in [3.63, 3.8) is 0 Å². The number of benzene rings is 1. The summed E-state index contributed by atoms with van der Waals surface area (Å²) in [6, 6.07) is 5.49. The van der Waals surface area contributed by atoms with Crippen LogP contribution in [0.25, 0.3) is 0 Å². The van der Waals surface area contributed by atoms with Crippen LogP contribution in [0.15, 0.2) is 18.2 Å². The Labute approximate surface area is 150 Å². The van der Waals surface area contributed by atoms with Gasteiger partial charge in [-0.05, 0) is 43.0 Å². The molecule has 1 aromatic heterocycles. The third-order valence-electron chi connectivity index (χ3n) is 4.31. The van der Waals surface area contributed by atoms with Gasteiger partial charge in [0.05, 0.1) is 5.92 Å². The first-order valence-corrected chi connectivity index (χ1v) is 9.35. The Balaban J connectivity index is 1.66. The minimum Gasteiger partial charge on any atom is -0.492 e. The summed E-state index contributed by atoms with van der Waals surface area (Å²) in [7, 11) is 0. The van der Waals surface area contributed by atoms with Crippen LogP contribution in [-0.4, -0.2) is 22.7 Å². The van der Waals surface area contributed by atoms with E-state index in [9.17, 15) is 4.79 Å². The maximum atomic E-state index is 12.5. The lowest BCUT2D eigenvalue weighted by atomic mass is 9.96. The fourth-order valence-electron chi connectivity index (χ4n) is 2.83. The first-order chi connectivity index (χ1) is 11.6. The molecule has 1 N–H and O–H groups in total. The van der Waals surface area contributed by atoms with Gasteiger partial charge in [-0.1, -0.05) is 36.8 Å². The Kier molecular flexibility index (Phi) is 5.36. The van der Waals surface area contributed by atoms with E-state index in [4.69, 9.17) is 16.3 Å². The molecule has 5 nitrogen and oxygen atoms in total. The van der Waals surface area contributed by atoms with Crippen LogP contribution >= 0.6 is 22.9 Å². The molecular formula is C17H20ClN3O2S. The number of anilines is 1. The van der Waals surface area contributed by atoms with Gasteiger partial charge in [0.1, 0.15) is 17.4 Å². The number of hydrogen-bond acceptors (Lipinski definition) is 5. The summed E-state index contributed by atoms with van der Waals surface area (Å²) in [4.78, 5) is 12.5. The van der Waals surface area contributed by atoms with Crippen molar-refractivity contribution in [2.75, 3.05) is 11.9 Å². The summed E-state index contributed by atoms with van der Waals surface area (Å²) in [5.74, 6) is 0.861. The third-order valence-corrected chi connectivity index (χ3v) is 5.54. The third kappa shape index (κ3) is 3.70. The zero-order valence-corrected chi connectivity index (χ0v) is 15.3. The Morgan fingerprint density at radius 2 is 2.21 bits per heavy atom. The molecule has 1 aliphatic rings. The predicted octanol–water partition coefficient (Wildman–Crippen LogP) is 4.28. The predicted molar refractivity (Wildman–Crippen MR) is 96.0 cm³/mol. The molecular weight excluding hydrogens is 346 g/mol. The molecule has 0 aliphatic carbocycles. The zero-order chi connectivity index (χ0) is 17.1. The summed E-state index contributed by atoms with van der Waals surface area (Å²) in [6.07, 6.45) is 2.65. The van der Waals surface area contributed by atoms with E-state index in [-0.39, 0.29) is 11.8 Å². The average molecular weight is 366 g/mol. The number of rotatable bonds is 5. The monoisotopic (exact) mass is 365 g/mol.